The summed E-state index contributed by atoms with van der Waals surface area (Å²) < 4.78 is 5.39. The van der Waals surface area contributed by atoms with Crippen molar-refractivity contribution in [3.63, 3.8) is 0 Å². The molecule has 2 atom stereocenters. The van der Waals surface area contributed by atoms with E-state index in [1.54, 1.807) is 37.8 Å². The molecule has 0 bridgehead atoms. The Morgan fingerprint density at radius 3 is 2.03 bits per heavy atom. The first kappa shape index (κ1) is 30.3. The van der Waals surface area contributed by atoms with E-state index in [0.717, 1.165) is 12.8 Å². The highest BCUT2D eigenvalue weighted by molar-refractivity contribution is 5.92. The van der Waals surface area contributed by atoms with Crippen LogP contribution in [0.5, 0.6) is 5.75 Å². The summed E-state index contributed by atoms with van der Waals surface area (Å²) in [5, 5.41) is 15.5. The number of rotatable bonds is 10. The molecule has 0 radical (unpaired) electrons. The van der Waals surface area contributed by atoms with Gasteiger partial charge in [0.05, 0.1) is 0 Å². The van der Waals surface area contributed by atoms with Gasteiger partial charge in [-0.2, -0.15) is 0 Å². The highest BCUT2D eigenvalue weighted by Crippen LogP contribution is 2.27. The molecule has 0 saturated carbocycles. The average molecular weight is 492 g/mol. The third-order valence-corrected chi connectivity index (χ3v) is 5.16. The lowest BCUT2D eigenvalue weighted by Crippen LogP contribution is -2.56. The highest BCUT2D eigenvalue weighted by Gasteiger charge is 2.38. The van der Waals surface area contributed by atoms with Crippen LogP contribution in [-0.4, -0.2) is 51.6 Å². The zero-order valence-electron chi connectivity index (χ0n) is 22.9. The standard InChI is InChI=1S/C27H45N3O5/c1-10-11-12-17-30(24(33)21(18(2)3)28-25(34)35-27(7,8)9)22(23(32)29-26(4,5)6)19-13-15-20(31)16-14-19/h13-16,18,21-22,31H,10-12,17H2,1-9H3,(H,28,34)(H,29,32). The molecule has 1 aromatic rings. The first-order valence-corrected chi connectivity index (χ1v) is 12.5. The van der Waals surface area contributed by atoms with Crippen molar-refractivity contribution in [3.05, 3.63) is 29.8 Å². The van der Waals surface area contributed by atoms with Crippen molar-refractivity contribution in [3.8, 4) is 5.75 Å². The Bertz CT molecular complexity index is 838. The molecule has 0 aliphatic carbocycles. The second-order valence-electron chi connectivity index (χ2n) is 11.3. The Morgan fingerprint density at radius 2 is 1.57 bits per heavy atom. The average Bonchev–Trinajstić information content (AvgIpc) is 2.69. The predicted octanol–water partition coefficient (Wildman–Crippen LogP) is 4.92. The number of ether oxygens (including phenoxy) is 1. The van der Waals surface area contributed by atoms with Gasteiger partial charge >= 0.3 is 6.09 Å². The molecule has 3 N–H and O–H groups in total. The van der Waals surface area contributed by atoms with Crippen LogP contribution in [0.2, 0.25) is 0 Å². The van der Waals surface area contributed by atoms with Crippen molar-refractivity contribution in [2.45, 2.75) is 105 Å². The Morgan fingerprint density at radius 1 is 1.00 bits per heavy atom. The number of alkyl carbamates (subject to hydrolysis) is 1. The molecule has 0 saturated heterocycles. The van der Waals surface area contributed by atoms with Crippen molar-refractivity contribution >= 4 is 17.9 Å². The van der Waals surface area contributed by atoms with Gasteiger partial charge in [0.25, 0.3) is 0 Å². The fraction of sp³-hybridized carbons (Fsp3) is 0.667. The predicted molar refractivity (Wildman–Crippen MR) is 138 cm³/mol. The monoisotopic (exact) mass is 491 g/mol. The Balaban J connectivity index is 3.47. The normalized spacial score (nSPS) is 13.7. The van der Waals surface area contributed by atoms with Gasteiger partial charge in [-0.1, -0.05) is 45.7 Å². The van der Waals surface area contributed by atoms with E-state index in [-0.39, 0.29) is 23.5 Å². The van der Waals surface area contributed by atoms with Crippen LogP contribution in [0.3, 0.4) is 0 Å². The Kier molecular flexibility index (Phi) is 11.1. The summed E-state index contributed by atoms with van der Waals surface area (Å²) in [6, 6.07) is 4.48. The number of nitrogens with zero attached hydrogens (tertiary/aromatic N) is 1. The van der Waals surface area contributed by atoms with Gasteiger partial charge in [0, 0.05) is 12.1 Å². The number of hydrogen-bond donors (Lipinski definition) is 3. The van der Waals surface area contributed by atoms with E-state index in [9.17, 15) is 19.5 Å². The van der Waals surface area contributed by atoms with Crippen LogP contribution in [0.1, 0.15) is 93.2 Å². The molecule has 1 rings (SSSR count). The molecule has 0 heterocycles. The van der Waals surface area contributed by atoms with Crippen LogP contribution in [0.25, 0.3) is 0 Å². The van der Waals surface area contributed by atoms with Gasteiger partial charge < -0.3 is 25.4 Å². The number of amides is 3. The second kappa shape index (κ2) is 12.8. The first-order chi connectivity index (χ1) is 16.1. The molecule has 1 aromatic carbocycles. The smallest absolute Gasteiger partial charge is 0.408 e. The van der Waals surface area contributed by atoms with Crippen LogP contribution in [-0.2, 0) is 14.3 Å². The van der Waals surface area contributed by atoms with Gasteiger partial charge in [-0.25, -0.2) is 4.79 Å². The lowest BCUT2D eigenvalue weighted by atomic mass is 9.97. The van der Waals surface area contributed by atoms with Crippen molar-refractivity contribution in [2.75, 3.05) is 6.54 Å². The number of aromatic hydroxyl groups is 1. The molecule has 0 aliphatic heterocycles. The summed E-state index contributed by atoms with van der Waals surface area (Å²) in [7, 11) is 0. The van der Waals surface area contributed by atoms with Gasteiger partial charge in [0.1, 0.15) is 23.4 Å². The zero-order valence-corrected chi connectivity index (χ0v) is 22.9. The number of benzene rings is 1. The van der Waals surface area contributed by atoms with E-state index in [2.05, 4.69) is 17.6 Å². The van der Waals surface area contributed by atoms with E-state index < -0.39 is 29.3 Å². The first-order valence-electron chi connectivity index (χ1n) is 12.5. The quantitative estimate of drug-likeness (QED) is 0.403. The van der Waals surface area contributed by atoms with Crippen molar-refractivity contribution in [2.24, 2.45) is 5.92 Å². The minimum atomic E-state index is -0.930. The zero-order chi connectivity index (χ0) is 27.0. The molecule has 35 heavy (non-hydrogen) atoms. The summed E-state index contributed by atoms with van der Waals surface area (Å²) in [5.74, 6) is -0.856. The fourth-order valence-corrected chi connectivity index (χ4v) is 3.59. The van der Waals surface area contributed by atoms with Gasteiger partial charge in [0.15, 0.2) is 0 Å². The van der Waals surface area contributed by atoms with Crippen molar-refractivity contribution in [1.29, 1.82) is 0 Å². The summed E-state index contributed by atoms with van der Waals surface area (Å²) >= 11 is 0. The molecule has 0 aromatic heterocycles. The molecule has 198 valence electrons. The number of phenolic OH excluding ortho intramolecular Hbond substituents is 1. The maximum Gasteiger partial charge on any atom is 0.408 e. The Hall–Kier alpha value is -2.77. The molecular weight excluding hydrogens is 446 g/mol. The Labute approximate surface area is 210 Å². The fourth-order valence-electron chi connectivity index (χ4n) is 3.59. The molecule has 0 aliphatic rings. The summed E-state index contributed by atoms with van der Waals surface area (Å²) in [5.41, 5.74) is -0.651. The number of carbonyl (C=O) groups excluding carboxylic acids is 3. The van der Waals surface area contributed by atoms with Gasteiger partial charge in [0.2, 0.25) is 11.8 Å². The second-order valence-corrected chi connectivity index (χ2v) is 11.3. The molecule has 0 fully saturated rings. The molecule has 8 heteroatoms. The van der Waals surface area contributed by atoms with Crippen LogP contribution in [0, 0.1) is 5.92 Å². The number of nitrogens with one attached hydrogen (secondary N) is 2. The lowest BCUT2D eigenvalue weighted by Gasteiger charge is -2.37. The molecule has 3 amide bonds. The topological polar surface area (TPSA) is 108 Å². The SMILES string of the molecule is CCCCCN(C(=O)C(NC(=O)OC(C)(C)C)C(C)C)C(C(=O)NC(C)(C)C)c1ccc(O)cc1. The van der Waals surface area contributed by atoms with E-state index in [1.165, 1.54) is 12.1 Å². The van der Waals surface area contributed by atoms with Gasteiger partial charge in [-0.3, -0.25) is 9.59 Å². The van der Waals surface area contributed by atoms with E-state index in [1.807, 2.05) is 34.6 Å². The number of hydrogen-bond acceptors (Lipinski definition) is 5. The van der Waals surface area contributed by atoms with E-state index in [0.29, 0.717) is 18.5 Å². The highest BCUT2D eigenvalue weighted by atomic mass is 16.6. The number of unbranched alkanes of at least 4 members (excludes halogenated alkanes) is 2. The molecular formula is C27H45N3O5. The number of phenols is 1. The maximum atomic E-state index is 14.0. The largest absolute Gasteiger partial charge is 0.508 e. The molecule has 2 unspecified atom stereocenters. The van der Waals surface area contributed by atoms with E-state index in [4.69, 9.17) is 4.74 Å². The summed E-state index contributed by atoms with van der Waals surface area (Å²) in [6.45, 7) is 17.0. The van der Waals surface area contributed by atoms with Crippen molar-refractivity contribution < 1.29 is 24.2 Å². The summed E-state index contributed by atoms with van der Waals surface area (Å²) in [4.78, 5) is 41.6. The number of carbonyl (C=O) groups is 3. The third-order valence-electron chi connectivity index (χ3n) is 5.16. The minimum Gasteiger partial charge on any atom is -0.508 e. The van der Waals surface area contributed by atoms with Gasteiger partial charge in [-0.05, 0) is 71.6 Å². The molecule has 0 spiro atoms. The van der Waals surface area contributed by atoms with Crippen molar-refractivity contribution in [1.82, 2.24) is 15.5 Å². The molecule has 8 nitrogen and oxygen atoms in total. The third kappa shape index (κ3) is 10.6. The van der Waals surface area contributed by atoms with Crippen LogP contribution >= 0.6 is 0 Å². The maximum absolute atomic E-state index is 14.0. The van der Waals surface area contributed by atoms with E-state index >= 15 is 0 Å². The van der Waals surface area contributed by atoms with Crippen LogP contribution < -0.4 is 10.6 Å². The minimum absolute atomic E-state index is 0.0687. The van der Waals surface area contributed by atoms with Crippen LogP contribution in [0.15, 0.2) is 24.3 Å². The lowest BCUT2D eigenvalue weighted by molar-refractivity contribution is -0.144. The van der Waals surface area contributed by atoms with Gasteiger partial charge in [-0.15, -0.1) is 0 Å². The summed E-state index contributed by atoms with van der Waals surface area (Å²) in [6.07, 6.45) is 1.86. The van der Waals surface area contributed by atoms with Crippen LogP contribution in [0.4, 0.5) is 4.79 Å².